The van der Waals surface area contributed by atoms with E-state index in [0.717, 1.165) is 46.0 Å². The van der Waals surface area contributed by atoms with E-state index in [9.17, 15) is 0 Å². The molecule has 3 heterocycles. The molecule has 0 fully saturated rings. The van der Waals surface area contributed by atoms with E-state index in [1.807, 2.05) is 0 Å². The summed E-state index contributed by atoms with van der Waals surface area (Å²) in [5.41, 5.74) is 14.5. The summed E-state index contributed by atoms with van der Waals surface area (Å²) in [7, 11) is 0. The third kappa shape index (κ3) is 5.49. The first-order chi connectivity index (χ1) is 29.6. The number of aromatic nitrogens is 4. The first kappa shape index (κ1) is 34.9. The zero-order valence-corrected chi connectivity index (χ0v) is 33.7. The molecule has 6 aromatic carbocycles. The Labute approximate surface area is 350 Å². The van der Waals surface area contributed by atoms with Crippen molar-refractivity contribution < 1.29 is 0 Å². The third-order valence-corrected chi connectivity index (χ3v) is 13.2. The molecule has 0 radical (unpaired) electrons. The Balaban J connectivity index is 1.04. The first-order valence-electron chi connectivity index (χ1n) is 21.3. The lowest BCUT2D eigenvalue weighted by molar-refractivity contribution is 0.745. The molecule has 8 aromatic rings. The zero-order chi connectivity index (χ0) is 39.9. The van der Waals surface area contributed by atoms with Crippen LogP contribution < -0.4 is 4.90 Å². The van der Waals surface area contributed by atoms with Crippen LogP contribution in [0.2, 0.25) is 0 Å². The van der Waals surface area contributed by atoms with Crippen molar-refractivity contribution >= 4 is 45.2 Å². The van der Waals surface area contributed by atoms with Gasteiger partial charge in [-0.2, -0.15) is 9.97 Å². The van der Waals surface area contributed by atoms with E-state index in [1.54, 1.807) is 0 Å². The average molecular weight is 774 g/mol. The summed E-state index contributed by atoms with van der Waals surface area (Å²) in [5.74, 6) is 3.03. The molecular weight excluding hydrogens is 731 g/mol. The fraction of sp³-hybridized carbons (Fsp3) is 0.145. The summed E-state index contributed by atoms with van der Waals surface area (Å²) in [6.07, 6.45) is 20.2. The Morgan fingerprint density at radius 3 is 2.27 bits per heavy atom. The van der Waals surface area contributed by atoms with Gasteiger partial charge in [0.05, 0.1) is 17.3 Å². The van der Waals surface area contributed by atoms with Crippen molar-refractivity contribution in [3.05, 3.63) is 192 Å². The van der Waals surface area contributed by atoms with Gasteiger partial charge in [0.25, 0.3) is 0 Å². The summed E-state index contributed by atoms with van der Waals surface area (Å²) in [4.78, 5) is 18.5. The second-order valence-corrected chi connectivity index (χ2v) is 16.9. The van der Waals surface area contributed by atoms with Crippen LogP contribution in [0.25, 0.3) is 73.7 Å². The topological polar surface area (TPSA) is 46.8 Å². The molecule has 60 heavy (non-hydrogen) atoms. The van der Waals surface area contributed by atoms with Gasteiger partial charge in [-0.3, -0.25) is 4.57 Å². The largest absolute Gasteiger partial charge is 0.333 e. The molecule has 288 valence electrons. The van der Waals surface area contributed by atoms with Crippen LogP contribution >= 0.6 is 0 Å². The van der Waals surface area contributed by atoms with Crippen LogP contribution in [0.15, 0.2) is 164 Å². The Bertz CT molecular complexity index is 3160. The predicted molar refractivity (Wildman–Crippen MR) is 248 cm³/mol. The van der Waals surface area contributed by atoms with Gasteiger partial charge in [0.2, 0.25) is 5.95 Å². The van der Waals surface area contributed by atoms with Crippen LogP contribution in [0.4, 0.5) is 11.4 Å². The number of para-hydroxylation sites is 1. The van der Waals surface area contributed by atoms with Crippen LogP contribution in [0.3, 0.4) is 0 Å². The molecule has 12 rings (SSSR count). The summed E-state index contributed by atoms with van der Waals surface area (Å²) in [5, 5.41) is 3.52. The Kier molecular flexibility index (Phi) is 7.99. The van der Waals surface area contributed by atoms with E-state index in [-0.39, 0.29) is 12.0 Å². The molecule has 4 atom stereocenters. The summed E-state index contributed by atoms with van der Waals surface area (Å²) in [6, 6.07) is 46.7. The maximum Gasteiger partial charge on any atom is 0.238 e. The lowest BCUT2D eigenvalue weighted by Gasteiger charge is -2.28. The van der Waals surface area contributed by atoms with Gasteiger partial charge in [-0.15, -0.1) is 0 Å². The smallest absolute Gasteiger partial charge is 0.238 e. The summed E-state index contributed by atoms with van der Waals surface area (Å²) in [6.45, 7) is 4.65. The Hall–Kier alpha value is -7.11. The fourth-order valence-corrected chi connectivity index (χ4v) is 10.3. The molecule has 5 nitrogen and oxygen atoms in total. The number of hydrogen-bond donors (Lipinski definition) is 0. The van der Waals surface area contributed by atoms with Crippen molar-refractivity contribution in [1.82, 2.24) is 19.5 Å². The summed E-state index contributed by atoms with van der Waals surface area (Å²) < 4.78 is 2.29. The number of benzene rings is 6. The van der Waals surface area contributed by atoms with Gasteiger partial charge in [0.1, 0.15) is 0 Å². The van der Waals surface area contributed by atoms with E-state index < -0.39 is 0 Å². The second-order valence-electron chi connectivity index (χ2n) is 16.9. The monoisotopic (exact) mass is 773 g/mol. The summed E-state index contributed by atoms with van der Waals surface area (Å²) >= 11 is 0. The highest BCUT2D eigenvalue weighted by Gasteiger charge is 2.37. The third-order valence-electron chi connectivity index (χ3n) is 13.2. The minimum atomic E-state index is 0.254. The first-order valence-corrected chi connectivity index (χ1v) is 21.3. The van der Waals surface area contributed by atoms with E-state index in [0.29, 0.717) is 29.4 Å². The molecule has 4 unspecified atom stereocenters. The minimum absolute atomic E-state index is 0.254. The van der Waals surface area contributed by atoms with E-state index in [2.05, 4.69) is 199 Å². The number of nitrogens with zero attached hydrogens (tertiary/aromatic N) is 5. The number of anilines is 2. The molecule has 4 aliphatic rings. The molecule has 2 aromatic heterocycles. The number of fused-ring (bicyclic) bond motifs is 8. The van der Waals surface area contributed by atoms with Crippen LogP contribution in [0, 0.1) is 0 Å². The van der Waals surface area contributed by atoms with Crippen molar-refractivity contribution in [3.8, 4) is 39.9 Å². The van der Waals surface area contributed by atoms with Crippen molar-refractivity contribution in [2.24, 2.45) is 0 Å². The molecule has 0 amide bonds. The molecule has 0 N–H and O–H groups in total. The molecule has 0 saturated heterocycles. The highest BCUT2D eigenvalue weighted by Crippen LogP contribution is 2.49. The highest BCUT2D eigenvalue weighted by molar-refractivity contribution is 5.96. The average Bonchev–Trinajstić information content (AvgIpc) is 3.82. The second kappa shape index (κ2) is 13.7. The molecule has 5 heteroatoms. The van der Waals surface area contributed by atoms with Crippen LogP contribution in [0.1, 0.15) is 72.4 Å². The fourth-order valence-electron chi connectivity index (χ4n) is 10.3. The maximum atomic E-state index is 5.38. The standard InChI is InChI=1S/C55H43N5/c1-34-13-10-16-37-25-26-40(33-45(34)37)53-56-54(44-22-12-17-36-15-6-7-20-42(36)44)58-55(57-53)60-50-30-28-39(32-47(50)52-35(2)14-11-24-51(52)60)38-27-29-49-46(31-38)43-21-8-9-23-48(43)59(49)41-18-4-3-5-19-41/h3-12,15-35,43,48H,13-14H2,1-2H3. The normalized spacial score (nSPS) is 19.7. The van der Waals surface area contributed by atoms with Crippen molar-refractivity contribution in [3.63, 3.8) is 0 Å². The zero-order valence-electron chi connectivity index (χ0n) is 33.7. The van der Waals surface area contributed by atoms with E-state index in [1.165, 1.54) is 50.1 Å². The Morgan fingerprint density at radius 1 is 0.583 bits per heavy atom. The van der Waals surface area contributed by atoms with Gasteiger partial charge in [-0.1, -0.05) is 141 Å². The van der Waals surface area contributed by atoms with Crippen molar-refractivity contribution in [2.75, 3.05) is 4.90 Å². The molecule has 0 spiro atoms. The lowest BCUT2D eigenvalue weighted by Crippen LogP contribution is -2.28. The molecule has 0 bridgehead atoms. The van der Waals surface area contributed by atoms with Gasteiger partial charge in [-0.25, -0.2) is 4.98 Å². The van der Waals surface area contributed by atoms with Gasteiger partial charge in [0.15, 0.2) is 11.6 Å². The van der Waals surface area contributed by atoms with Gasteiger partial charge >= 0.3 is 0 Å². The maximum absolute atomic E-state index is 5.38. The van der Waals surface area contributed by atoms with E-state index >= 15 is 0 Å². The number of rotatable bonds is 5. The van der Waals surface area contributed by atoms with Crippen LogP contribution in [0.5, 0.6) is 0 Å². The number of allylic oxidation sites excluding steroid dienone is 4. The lowest BCUT2D eigenvalue weighted by atomic mass is 9.87. The Morgan fingerprint density at radius 2 is 1.33 bits per heavy atom. The molecule has 3 aliphatic carbocycles. The SMILES string of the molecule is CC1CC=Cc2ccc(-c3nc(-c4cccc5ccccc45)nc(-n4c5c(c6cc(-c7ccc8c(c7)C7C=CC=CC7N8c7ccccc7)ccc64)C(C)CC=C5)n3)cc21. The van der Waals surface area contributed by atoms with Crippen LogP contribution in [-0.4, -0.2) is 25.6 Å². The molecule has 1 aliphatic heterocycles. The molecule has 0 saturated carbocycles. The minimum Gasteiger partial charge on any atom is -0.333 e. The van der Waals surface area contributed by atoms with Crippen molar-refractivity contribution in [1.29, 1.82) is 0 Å². The van der Waals surface area contributed by atoms with E-state index in [4.69, 9.17) is 15.0 Å². The quantitative estimate of drug-likeness (QED) is 0.175. The predicted octanol–water partition coefficient (Wildman–Crippen LogP) is 13.7. The van der Waals surface area contributed by atoms with Crippen LogP contribution in [-0.2, 0) is 0 Å². The van der Waals surface area contributed by atoms with Gasteiger partial charge in [0, 0.05) is 33.8 Å². The van der Waals surface area contributed by atoms with Gasteiger partial charge in [-0.05, 0) is 117 Å². The highest BCUT2D eigenvalue weighted by atomic mass is 15.2. The van der Waals surface area contributed by atoms with Crippen molar-refractivity contribution in [2.45, 2.75) is 50.5 Å². The molecular formula is C55H43N5. The number of hydrogen-bond acceptors (Lipinski definition) is 4. The van der Waals surface area contributed by atoms with Gasteiger partial charge < -0.3 is 4.90 Å².